The molecule has 122 valence electrons. The molecule has 0 fully saturated rings. The first-order chi connectivity index (χ1) is 11.6. The van der Waals surface area contributed by atoms with Crippen LogP contribution in [-0.2, 0) is 17.8 Å². The number of nitrogens with one attached hydrogen (secondary N) is 1. The van der Waals surface area contributed by atoms with Gasteiger partial charge in [-0.25, -0.2) is 4.98 Å². The molecular weight excluding hydrogens is 326 g/mol. The first-order valence-corrected chi connectivity index (χ1v) is 7.81. The van der Waals surface area contributed by atoms with Gasteiger partial charge in [0, 0.05) is 18.9 Å². The summed E-state index contributed by atoms with van der Waals surface area (Å²) in [6, 6.07) is 12.6. The molecule has 0 bridgehead atoms. The molecule has 0 saturated carbocycles. The van der Waals surface area contributed by atoms with Gasteiger partial charge in [-0.3, -0.25) is 4.79 Å². The molecule has 3 aromatic rings. The highest BCUT2D eigenvalue weighted by Gasteiger charge is 2.08. The van der Waals surface area contributed by atoms with Gasteiger partial charge < -0.3 is 15.0 Å². The van der Waals surface area contributed by atoms with Crippen molar-refractivity contribution in [3.05, 3.63) is 77.3 Å². The van der Waals surface area contributed by atoms with Crippen molar-refractivity contribution in [2.75, 3.05) is 0 Å². The lowest BCUT2D eigenvalue weighted by Crippen LogP contribution is -2.25. The quantitative estimate of drug-likeness (QED) is 0.749. The van der Waals surface area contributed by atoms with Gasteiger partial charge in [-0.15, -0.1) is 0 Å². The van der Waals surface area contributed by atoms with E-state index in [-0.39, 0.29) is 23.1 Å². The zero-order valence-corrected chi connectivity index (χ0v) is 13.6. The number of halogens is 1. The Morgan fingerprint density at radius 1 is 1.25 bits per heavy atom. The lowest BCUT2D eigenvalue weighted by atomic mass is 10.1. The molecule has 0 aliphatic heterocycles. The van der Waals surface area contributed by atoms with E-state index in [1.807, 2.05) is 35.0 Å². The van der Waals surface area contributed by atoms with Crippen molar-refractivity contribution >= 4 is 17.5 Å². The van der Waals surface area contributed by atoms with E-state index in [4.69, 9.17) is 11.6 Å². The Kier molecular flexibility index (Phi) is 4.82. The van der Waals surface area contributed by atoms with E-state index < -0.39 is 0 Å². The predicted molar refractivity (Wildman–Crippen MR) is 92.2 cm³/mol. The van der Waals surface area contributed by atoms with Gasteiger partial charge in [-0.1, -0.05) is 35.9 Å². The van der Waals surface area contributed by atoms with Crippen molar-refractivity contribution in [2.24, 2.45) is 0 Å². The fourth-order valence-electron chi connectivity index (χ4n) is 2.42. The van der Waals surface area contributed by atoms with Gasteiger partial charge in [0.2, 0.25) is 5.91 Å². The topological polar surface area (TPSA) is 67.2 Å². The Morgan fingerprint density at radius 3 is 2.83 bits per heavy atom. The highest BCUT2D eigenvalue weighted by Crippen LogP contribution is 2.23. The molecule has 2 aromatic carbocycles. The van der Waals surface area contributed by atoms with Crippen LogP contribution in [0, 0.1) is 0 Å². The van der Waals surface area contributed by atoms with Gasteiger partial charge in [0.15, 0.2) is 0 Å². The van der Waals surface area contributed by atoms with Crippen molar-refractivity contribution in [3.8, 4) is 11.4 Å². The monoisotopic (exact) mass is 341 g/mol. The maximum atomic E-state index is 12.1. The molecule has 5 nitrogen and oxygen atoms in total. The molecule has 0 radical (unpaired) electrons. The maximum Gasteiger partial charge on any atom is 0.224 e. The second-order valence-electron chi connectivity index (χ2n) is 5.34. The minimum absolute atomic E-state index is 0.00934. The molecule has 6 heteroatoms. The number of rotatable bonds is 5. The van der Waals surface area contributed by atoms with Gasteiger partial charge in [-0.05, 0) is 29.3 Å². The first kappa shape index (κ1) is 16.1. The SMILES string of the molecule is O=C(Cc1ccc(O)c(Cl)c1)NCc1ccccc1-n1ccnc1. The van der Waals surface area contributed by atoms with Crippen LogP contribution in [0.5, 0.6) is 5.75 Å². The van der Waals surface area contributed by atoms with Crippen LogP contribution >= 0.6 is 11.6 Å². The Labute approximate surface area is 144 Å². The lowest BCUT2D eigenvalue weighted by Gasteiger charge is -2.11. The number of carbonyl (C=O) groups excluding carboxylic acids is 1. The number of hydrogen-bond donors (Lipinski definition) is 2. The summed E-state index contributed by atoms with van der Waals surface area (Å²) in [5.74, 6) is -0.104. The van der Waals surface area contributed by atoms with E-state index >= 15 is 0 Å². The fraction of sp³-hybridized carbons (Fsp3) is 0.111. The van der Waals surface area contributed by atoms with Crippen LogP contribution in [0.4, 0.5) is 0 Å². The van der Waals surface area contributed by atoms with E-state index in [0.29, 0.717) is 6.54 Å². The average Bonchev–Trinajstić information content (AvgIpc) is 3.11. The standard InChI is InChI=1S/C18H16ClN3O2/c19-15-9-13(5-6-17(15)23)10-18(24)21-11-14-3-1-2-4-16(14)22-8-7-20-12-22/h1-9,12,23H,10-11H2,(H,21,24). The summed E-state index contributed by atoms with van der Waals surface area (Å²) in [6.07, 6.45) is 5.50. The Balaban J connectivity index is 1.66. The molecule has 0 spiro atoms. The number of aromatic hydroxyl groups is 1. The van der Waals surface area contributed by atoms with Gasteiger partial charge in [0.05, 0.1) is 23.5 Å². The van der Waals surface area contributed by atoms with Crippen LogP contribution in [0.1, 0.15) is 11.1 Å². The van der Waals surface area contributed by atoms with Crippen molar-refractivity contribution in [1.82, 2.24) is 14.9 Å². The highest BCUT2D eigenvalue weighted by atomic mass is 35.5. The first-order valence-electron chi connectivity index (χ1n) is 7.44. The third-order valence-corrected chi connectivity index (χ3v) is 3.93. The zero-order chi connectivity index (χ0) is 16.9. The average molecular weight is 342 g/mol. The van der Waals surface area contributed by atoms with E-state index in [9.17, 15) is 9.90 Å². The smallest absolute Gasteiger partial charge is 0.224 e. The van der Waals surface area contributed by atoms with Gasteiger partial charge in [0.1, 0.15) is 5.75 Å². The van der Waals surface area contributed by atoms with Crippen LogP contribution in [0.3, 0.4) is 0 Å². The predicted octanol–water partition coefficient (Wildman–Crippen LogP) is 3.09. The van der Waals surface area contributed by atoms with Crippen LogP contribution in [0.15, 0.2) is 61.2 Å². The van der Waals surface area contributed by atoms with Crippen LogP contribution in [-0.4, -0.2) is 20.6 Å². The number of benzene rings is 2. The number of para-hydroxylation sites is 1. The normalized spacial score (nSPS) is 10.5. The number of nitrogens with zero attached hydrogens (tertiary/aromatic N) is 2. The molecule has 1 heterocycles. The molecule has 0 unspecified atom stereocenters. The molecule has 1 amide bonds. The van der Waals surface area contributed by atoms with Gasteiger partial charge >= 0.3 is 0 Å². The van der Waals surface area contributed by atoms with E-state index in [1.165, 1.54) is 6.07 Å². The molecule has 3 rings (SSSR count). The molecule has 0 aliphatic rings. The number of amides is 1. The Morgan fingerprint density at radius 2 is 2.08 bits per heavy atom. The summed E-state index contributed by atoms with van der Waals surface area (Å²) in [4.78, 5) is 16.2. The second-order valence-corrected chi connectivity index (χ2v) is 5.75. The third-order valence-electron chi connectivity index (χ3n) is 3.63. The summed E-state index contributed by atoms with van der Waals surface area (Å²) >= 11 is 5.86. The minimum Gasteiger partial charge on any atom is -0.506 e. The molecule has 0 aliphatic carbocycles. The molecule has 0 atom stereocenters. The van der Waals surface area contributed by atoms with Gasteiger partial charge in [0.25, 0.3) is 0 Å². The van der Waals surface area contributed by atoms with Crippen molar-refractivity contribution < 1.29 is 9.90 Å². The van der Waals surface area contributed by atoms with E-state index in [0.717, 1.165) is 16.8 Å². The van der Waals surface area contributed by atoms with Crippen molar-refractivity contribution in [1.29, 1.82) is 0 Å². The maximum absolute atomic E-state index is 12.1. The Hall–Kier alpha value is -2.79. The van der Waals surface area contributed by atoms with Gasteiger partial charge in [-0.2, -0.15) is 0 Å². The van der Waals surface area contributed by atoms with Crippen molar-refractivity contribution in [3.63, 3.8) is 0 Å². The number of aromatic nitrogens is 2. The highest BCUT2D eigenvalue weighted by molar-refractivity contribution is 6.32. The lowest BCUT2D eigenvalue weighted by molar-refractivity contribution is -0.120. The summed E-state index contributed by atoms with van der Waals surface area (Å²) in [6.45, 7) is 0.416. The van der Waals surface area contributed by atoms with E-state index in [2.05, 4.69) is 10.3 Å². The Bertz CT molecular complexity index is 847. The number of hydrogen-bond acceptors (Lipinski definition) is 3. The summed E-state index contributed by atoms with van der Waals surface area (Å²) in [5.41, 5.74) is 2.72. The number of phenols is 1. The fourth-order valence-corrected chi connectivity index (χ4v) is 2.62. The minimum atomic E-state index is -0.114. The molecule has 2 N–H and O–H groups in total. The van der Waals surface area contributed by atoms with Crippen LogP contribution < -0.4 is 5.32 Å². The van der Waals surface area contributed by atoms with Crippen LogP contribution in [0.2, 0.25) is 5.02 Å². The number of imidazole rings is 1. The van der Waals surface area contributed by atoms with Crippen LogP contribution in [0.25, 0.3) is 5.69 Å². The summed E-state index contributed by atoms with van der Waals surface area (Å²) < 4.78 is 1.90. The largest absolute Gasteiger partial charge is 0.506 e. The van der Waals surface area contributed by atoms with E-state index in [1.54, 1.807) is 24.7 Å². The number of carbonyl (C=O) groups is 1. The molecule has 1 aromatic heterocycles. The molecule has 24 heavy (non-hydrogen) atoms. The summed E-state index contributed by atoms with van der Waals surface area (Å²) in [5, 5.41) is 12.6. The number of phenolic OH excluding ortho intramolecular Hbond substituents is 1. The third kappa shape index (κ3) is 3.75. The van der Waals surface area contributed by atoms with Crippen molar-refractivity contribution in [2.45, 2.75) is 13.0 Å². The molecule has 0 saturated heterocycles. The zero-order valence-electron chi connectivity index (χ0n) is 12.8. The molecular formula is C18H16ClN3O2. The second kappa shape index (κ2) is 7.19. The summed E-state index contributed by atoms with van der Waals surface area (Å²) in [7, 11) is 0.